The number of ether oxygens (including phenoxy) is 1. The highest BCUT2D eigenvalue weighted by Crippen LogP contribution is 2.23. The third kappa shape index (κ3) is 3.47. The number of nitrogens with zero attached hydrogens (tertiary/aromatic N) is 1. The van der Waals surface area contributed by atoms with E-state index in [0.29, 0.717) is 11.4 Å². The molecule has 16 heavy (non-hydrogen) atoms. The van der Waals surface area contributed by atoms with Gasteiger partial charge in [-0.1, -0.05) is 6.92 Å². The molecule has 0 aliphatic rings. The van der Waals surface area contributed by atoms with Crippen LogP contribution in [0, 0.1) is 5.92 Å². The van der Waals surface area contributed by atoms with E-state index in [1.165, 1.54) is 0 Å². The van der Waals surface area contributed by atoms with Crippen molar-refractivity contribution in [2.45, 2.75) is 33.0 Å². The van der Waals surface area contributed by atoms with Gasteiger partial charge < -0.3 is 14.9 Å². The zero-order valence-electron chi connectivity index (χ0n) is 9.92. The van der Waals surface area contributed by atoms with Crippen LogP contribution in [0.4, 0.5) is 0 Å². The molecule has 1 aromatic rings. The Morgan fingerprint density at radius 3 is 2.62 bits per heavy atom. The van der Waals surface area contributed by atoms with E-state index in [-0.39, 0.29) is 18.6 Å². The highest BCUT2D eigenvalue weighted by Gasteiger charge is 2.16. The van der Waals surface area contributed by atoms with Crippen LogP contribution in [-0.2, 0) is 0 Å². The SMILES string of the molecule is CC(C)Oc1cc(C(O)[C@H](C)CO)ccn1. The van der Waals surface area contributed by atoms with Crippen molar-refractivity contribution in [3.05, 3.63) is 23.9 Å². The maximum atomic E-state index is 9.90. The van der Waals surface area contributed by atoms with E-state index in [1.54, 1.807) is 25.3 Å². The monoisotopic (exact) mass is 225 g/mol. The predicted octanol–water partition coefficient (Wildman–Crippen LogP) is 1.53. The van der Waals surface area contributed by atoms with Crippen molar-refractivity contribution in [3.63, 3.8) is 0 Å². The molecule has 4 nitrogen and oxygen atoms in total. The van der Waals surface area contributed by atoms with Gasteiger partial charge in [0, 0.05) is 24.8 Å². The van der Waals surface area contributed by atoms with Crippen molar-refractivity contribution in [3.8, 4) is 5.88 Å². The van der Waals surface area contributed by atoms with Crippen molar-refractivity contribution < 1.29 is 14.9 Å². The van der Waals surface area contributed by atoms with Crippen LogP contribution >= 0.6 is 0 Å². The van der Waals surface area contributed by atoms with Gasteiger partial charge >= 0.3 is 0 Å². The number of pyridine rings is 1. The maximum Gasteiger partial charge on any atom is 0.213 e. The van der Waals surface area contributed by atoms with E-state index in [1.807, 2.05) is 13.8 Å². The number of aliphatic hydroxyl groups is 2. The lowest BCUT2D eigenvalue weighted by atomic mass is 9.99. The molecule has 2 N–H and O–H groups in total. The summed E-state index contributed by atoms with van der Waals surface area (Å²) < 4.78 is 5.43. The molecule has 2 atom stereocenters. The molecule has 0 aromatic carbocycles. The van der Waals surface area contributed by atoms with Crippen molar-refractivity contribution >= 4 is 0 Å². The smallest absolute Gasteiger partial charge is 0.213 e. The Balaban J connectivity index is 2.81. The van der Waals surface area contributed by atoms with Gasteiger partial charge in [0.25, 0.3) is 0 Å². The minimum atomic E-state index is -0.692. The van der Waals surface area contributed by atoms with Crippen molar-refractivity contribution in [1.82, 2.24) is 4.98 Å². The molecule has 0 radical (unpaired) electrons. The van der Waals surface area contributed by atoms with E-state index in [4.69, 9.17) is 9.84 Å². The van der Waals surface area contributed by atoms with Crippen LogP contribution in [0.3, 0.4) is 0 Å². The van der Waals surface area contributed by atoms with E-state index in [0.717, 1.165) is 0 Å². The summed E-state index contributed by atoms with van der Waals surface area (Å²) >= 11 is 0. The Hall–Kier alpha value is -1.13. The Morgan fingerprint density at radius 2 is 2.06 bits per heavy atom. The van der Waals surface area contributed by atoms with Crippen molar-refractivity contribution in [2.75, 3.05) is 6.61 Å². The van der Waals surface area contributed by atoms with Crippen LogP contribution < -0.4 is 4.74 Å². The fourth-order valence-corrected chi connectivity index (χ4v) is 1.34. The van der Waals surface area contributed by atoms with Gasteiger partial charge in [0.05, 0.1) is 12.2 Å². The number of hydrogen-bond acceptors (Lipinski definition) is 4. The zero-order chi connectivity index (χ0) is 12.1. The predicted molar refractivity (Wildman–Crippen MR) is 61.2 cm³/mol. The molecular weight excluding hydrogens is 206 g/mol. The van der Waals surface area contributed by atoms with Crippen LogP contribution in [0.15, 0.2) is 18.3 Å². The fourth-order valence-electron chi connectivity index (χ4n) is 1.34. The third-order valence-corrected chi connectivity index (χ3v) is 2.28. The molecule has 0 fully saturated rings. The lowest BCUT2D eigenvalue weighted by Crippen LogP contribution is -2.14. The molecule has 1 unspecified atom stereocenters. The highest BCUT2D eigenvalue weighted by atomic mass is 16.5. The quantitative estimate of drug-likeness (QED) is 0.797. The maximum absolute atomic E-state index is 9.90. The lowest BCUT2D eigenvalue weighted by Gasteiger charge is -2.17. The molecule has 90 valence electrons. The molecule has 0 amide bonds. The first kappa shape index (κ1) is 12.9. The first-order valence-corrected chi connectivity index (χ1v) is 5.46. The second-order valence-corrected chi connectivity index (χ2v) is 4.20. The van der Waals surface area contributed by atoms with Crippen LogP contribution in [-0.4, -0.2) is 27.9 Å². The molecule has 0 bridgehead atoms. The number of hydrogen-bond donors (Lipinski definition) is 2. The second kappa shape index (κ2) is 5.82. The molecule has 1 aromatic heterocycles. The van der Waals surface area contributed by atoms with Crippen molar-refractivity contribution in [1.29, 1.82) is 0 Å². The Kier molecular flexibility index (Phi) is 4.71. The molecule has 4 heteroatoms. The van der Waals surface area contributed by atoms with E-state index in [2.05, 4.69) is 4.98 Å². The summed E-state index contributed by atoms with van der Waals surface area (Å²) in [7, 11) is 0. The molecule has 0 saturated carbocycles. The zero-order valence-corrected chi connectivity index (χ0v) is 9.92. The summed E-state index contributed by atoms with van der Waals surface area (Å²) in [5, 5.41) is 18.9. The number of aromatic nitrogens is 1. The summed E-state index contributed by atoms with van der Waals surface area (Å²) in [6.07, 6.45) is 0.957. The second-order valence-electron chi connectivity index (χ2n) is 4.20. The minimum Gasteiger partial charge on any atom is -0.475 e. The molecule has 1 rings (SSSR count). The van der Waals surface area contributed by atoms with Crippen LogP contribution in [0.1, 0.15) is 32.4 Å². The molecule has 0 spiro atoms. The molecule has 0 aliphatic carbocycles. The molecule has 0 saturated heterocycles. The van der Waals surface area contributed by atoms with Gasteiger partial charge in [0.15, 0.2) is 0 Å². The fraction of sp³-hybridized carbons (Fsp3) is 0.583. The van der Waals surface area contributed by atoms with Gasteiger partial charge in [-0.05, 0) is 25.5 Å². The first-order valence-electron chi connectivity index (χ1n) is 5.46. The van der Waals surface area contributed by atoms with Gasteiger partial charge in [-0.2, -0.15) is 0 Å². The average molecular weight is 225 g/mol. The average Bonchev–Trinajstić information content (AvgIpc) is 2.26. The van der Waals surface area contributed by atoms with Crippen molar-refractivity contribution in [2.24, 2.45) is 5.92 Å². The Labute approximate surface area is 95.9 Å². The topological polar surface area (TPSA) is 62.6 Å². The third-order valence-electron chi connectivity index (χ3n) is 2.28. The Bertz CT molecular complexity index is 328. The molecule has 0 aliphatic heterocycles. The Morgan fingerprint density at radius 1 is 1.38 bits per heavy atom. The lowest BCUT2D eigenvalue weighted by molar-refractivity contribution is 0.0765. The van der Waals surface area contributed by atoms with E-state index >= 15 is 0 Å². The van der Waals surface area contributed by atoms with Gasteiger partial charge in [0.1, 0.15) is 0 Å². The summed E-state index contributed by atoms with van der Waals surface area (Å²) in [4.78, 5) is 4.05. The largest absolute Gasteiger partial charge is 0.475 e. The van der Waals surface area contributed by atoms with E-state index < -0.39 is 6.10 Å². The van der Waals surface area contributed by atoms with Gasteiger partial charge in [-0.3, -0.25) is 0 Å². The van der Waals surface area contributed by atoms with Crippen LogP contribution in [0.25, 0.3) is 0 Å². The van der Waals surface area contributed by atoms with Gasteiger partial charge in [-0.25, -0.2) is 4.98 Å². The summed E-state index contributed by atoms with van der Waals surface area (Å²) in [6.45, 7) is 5.57. The van der Waals surface area contributed by atoms with Gasteiger partial charge in [-0.15, -0.1) is 0 Å². The van der Waals surface area contributed by atoms with Crippen LogP contribution in [0.2, 0.25) is 0 Å². The van der Waals surface area contributed by atoms with Gasteiger partial charge in [0.2, 0.25) is 5.88 Å². The van der Waals surface area contributed by atoms with Crippen LogP contribution in [0.5, 0.6) is 5.88 Å². The normalized spacial score (nSPS) is 14.9. The first-order chi connectivity index (χ1) is 7.54. The highest BCUT2D eigenvalue weighted by molar-refractivity contribution is 5.23. The molecular formula is C12H19NO3. The molecule has 1 heterocycles. The summed E-state index contributed by atoms with van der Waals surface area (Å²) in [6, 6.07) is 3.43. The summed E-state index contributed by atoms with van der Waals surface area (Å²) in [5.74, 6) is 0.297. The van der Waals surface area contributed by atoms with E-state index in [9.17, 15) is 5.11 Å². The number of aliphatic hydroxyl groups excluding tert-OH is 2. The standard InChI is InChI=1S/C12H19NO3/c1-8(2)16-11-6-10(4-5-13-11)12(15)9(3)7-14/h4-6,8-9,12,14-15H,7H2,1-3H3/t9-,12?/m1/s1. The minimum absolute atomic E-state index is 0.0511. The summed E-state index contributed by atoms with van der Waals surface area (Å²) in [5.41, 5.74) is 0.715. The number of rotatable bonds is 5.